The third-order valence-corrected chi connectivity index (χ3v) is 9.60. The van der Waals surface area contributed by atoms with Crippen molar-refractivity contribution in [1.82, 2.24) is 15.0 Å². The molecule has 0 aliphatic heterocycles. The summed E-state index contributed by atoms with van der Waals surface area (Å²) in [5, 5.41) is 1.72. The minimum atomic E-state index is -0.559. The second-order valence-corrected chi connectivity index (χ2v) is 12.4. The number of rotatable bonds is 4. The average Bonchev–Trinajstić information content (AvgIpc) is 3.81. The van der Waals surface area contributed by atoms with E-state index in [2.05, 4.69) is 30.3 Å². The summed E-state index contributed by atoms with van der Waals surface area (Å²) in [5.74, 6) is 0.524. The predicted molar refractivity (Wildman–Crippen MR) is 199 cm³/mol. The van der Waals surface area contributed by atoms with Crippen LogP contribution in [0.1, 0.15) is 12.3 Å². The van der Waals surface area contributed by atoms with Crippen molar-refractivity contribution in [3.63, 3.8) is 0 Å². The van der Waals surface area contributed by atoms with Crippen molar-refractivity contribution in [1.29, 1.82) is 0 Å². The lowest BCUT2D eigenvalue weighted by Crippen LogP contribution is -2.00. The Balaban J connectivity index is 1.24. The van der Waals surface area contributed by atoms with Crippen LogP contribution in [-0.2, 0) is 0 Å². The van der Waals surface area contributed by atoms with Gasteiger partial charge in [-0.3, -0.25) is 0 Å². The summed E-state index contributed by atoms with van der Waals surface area (Å²) in [7, 11) is 0. The molecule has 3 aromatic heterocycles. The van der Waals surface area contributed by atoms with Crippen molar-refractivity contribution in [2.75, 3.05) is 0 Å². The van der Waals surface area contributed by atoms with Crippen molar-refractivity contribution in [2.24, 2.45) is 0 Å². The first kappa shape index (κ1) is 19.5. The smallest absolute Gasteiger partial charge is 0.167 e. The van der Waals surface area contributed by atoms with Crippen LogP contribution < -0.4 is 0 Å². The van der Waals surface area contributed by atoms with E-state index in [1.54, 1.807) is 11.3 Å². The first-order chi connectivity index (χ1) is 27.5. The van der Waals surface area contributed by atoms with Crippen molar-refractivity contribution >= 4 is 64.2 Å². The number of hydrogen-bond acceptors (Lipinski definition) is 5. The zero-order chi connectivity index (χ0) is 39.4. The van der Waals surface area contributed by atoms with Crippen molar-refractivity contribution < 1.29 is 16.8 Å². The van der Waals surface area contributed by atoms with E-state index in [9.17, 15) is 0 Å². The summed E-state index contributed by atoms with van der Waals surface area (Å²) in [5.41, 5.74) is 3.23. The van der Waals surface area contributed by atoms with Gasteiger partial charge in [0.2, 0.25) is 0 Å². The normalized spacial score (nSPS) is 14.4. The van der Waals surface area contributed by atoms with Crippen LogP contribution in [0.15, 0.2) is 156 Å². The van der Waals surface area contributed by atoms with Gasteiger partial charge in [-0.05, 0) is 46.8 Å². The lowest BCUT2D eigenvalue weighted by molar-refractivity contribution is 0.673. The minimum absolute atomic E-state index is 0.0332. The molecule has 0 atom stereocenters. The van der Waals surface area contributed by atoms with Crippen LogP contribution >= 0.6 is 11.3 Å². The third-order valence-electron chi connectivity index (χ3n) is 8.46. The first-order valence-corrected chi connectivity index (χ1v) is 16.0. The van der Waals surface area contributed by atoms with Crippen LogP contribution in [0.4, 0.5) is 0 Å². The molecule has 0 unspecified atom stereocenters. The molecule has 0 radical (unpaired) electrons. The molecule has 10 aromatic rings. The molecule has 224 valence electrons. The summed E-state index contributed by atoms with van der Waals surface area (Å²) in [6.07, 6.45) is 0. The fraction of sp³-hybridized carbons (Fsp3) is 0. The van der Waals surface area contributed by atoms with Gasteiger partial charge in [-0.25, -0.2) is 15.0 Å². The molecular weight excluding hydrogens is 607 g/mol. The summed E-state index contributed by atoms with van der Waals surface area (Å²) < 4.78 is 87.2. The highest BCUT2D eigenvalue weighted by atomic mass is 32.1. The molecule has 0 aliphatic rings. The van der Waals surface area contributed by atoms with Crippen LogP contribution in [0.3, 0.4) is 0 Å². The van der Waals surface area contributed by atoms with Gasteiger partial charge in [-0.2, -0.15) is 0 Å². The highest BCUT2D eigenvalue weighted by Crippen LogP contribution is 2.40. The van der Waals surface area contributed by atoms with Crippen LogP contribution in [0.5, 0.6) is 0 Å². The van der Waals surface area contributed by atoms with Gasteiger partial charge < -0.3 is 4.42 Å². The van der Waals surface area contributed by atoms with Crippen molar-refractivity contribution in [3.8, 4) is 45.3 Å². The van der Waals surface area contributed by atoms with Gasteiger partial charge >= 0.3 is 0 Å². The Bertz CT molecular complexity index is 3350. The minimum Gasteiger partial charge on any atom is -0.455 e. The van der Waals surface area contributed by atoms with Crippen LogP contribution in [0.25, 0.3) is 98.2 Å². The fourth-order valence-corrected chi connectivity index (χ4v) is 7.28. The molecular formula is C43H25N3OS. The third kappa shape index (κ3) is 4.33. The molecule has 3 heterocycles. The summed E-state index contributed by atoms with van der Waals surface area (Å²) in [4.78, 5) is 14.6. The molecule has 4 nitrogen and oxygen atoms in total. The Morgan fingerprint density at radius 3 is 2.02 bits per heavy atom. The maximum absolute atomic E-state index is 9.15. The molecule has 0 saturated heterocycles. The zero-order valence-electron chi connectivity index (χ0n) is 33.9. The molecule has 10 rings (SSSR count). The summed E-state index contributed by atoms with van der Waals surface area (Å²) in [6.45, 7) is 0. The standard InChI is InChI=1S/C43H25N3OS/c1-3-10-26(11-4-1)29-20-23-37-36(24-29)32-21-19-30(25-38(32)48-37)42-44-41(28-13-5-2-6-14-28)45-43(46-42)35-17-9-16-33-34-22-18-27-12-7-8-15-31(27)39(34)47-40(33)35/h1-25H/i7D,8D,9D,12D,15D,16D,17D,18D,22D. The van der Waals surface area contributed by atoms with Gasteiger partial charge in [0.25, 0.3) is 0 Å². The number of hydrogen-bond donors (Lipinski definition) is 0. The van der Waals surface area contributed by atoms with Crippen LogP contribution in [0.2, 0.25) is 0 Å². The second kappa shape index (κ2) is 10.7. The number of para-hydroxylation sites is 1. The highest BCUT2D eigenvalue weighted by Gasteiger charge is 2.19. The average molecular weight is 641 g/mol. The Labute approximate surface area is 292 Å². The topological polar surface area (TPSA) is 51.8 Å². The molecule has 5 heteroatoms. The molecule has 48 heavy (non-hydrogen) atoms. The number of fused-ring (bicyclic) bond motifs is 8. The molecule has 7 aromatic carbocycles. The fourth-order valence-electron chi connectivity index (χ4n) is 6.15. The lowest BCUT2D eigenvalue weighted by Gasteiger charge is -2.09. The summed E-state index contributed by atoms with van der Waals surface area (Å²) >= 11 is 1.64. The maximum atomic E-state index is 9.15. The number of aromatic nitrogens is 3. The molecule has 0 aliphatic carbocycles. The zero-order valence-corrected chi connectivity index (χ0v) is 25.7. The van der Waals surface area contributed by atoms with E-state index >= 15 is 0 Å². The lowest BCUT2D eigenvalue weighted by atomic mass is 10.0. The monoisotopic (exact) mass is 640 g/mol. The van der Waals surface area contributed by atoms with Gasteiger partial charge in [0, 0.05) is 47.5 Å². The first-order valence-electron chi connectivity index (χ1n) is 19.7. The van der Waals surface area contributed by atoms with E-state index in [4.69, 9.17) is 31.7 Å². The Kier molecular flexibility index (Phi) is 4.34. The second-order valence-electron chi connectivity index (χ2n) is 11.3. The van der Waals surface area contributed by atoms with Gasteiger partial charge in [-0.15, -0.1) is 11.3 Å². The van der Waals surface area contributed by atoms with Gasteiger partial charge in [0.1, 0.15) is 11.2 Å². The van der Waals surface area contributed by atoms with Crippen molar-refractivity contribution in [3.05, 3.63) is 151 Å². The van der Waals surface area contributed by atoms with E-state index < -0.39 is 54.4 Å². The molecule has 0 saturated carbocycles. The molecule has 0 N–H and O–H groups in total. The molecule has 0 amide bonds. The Hall–Kier alpha value is -6.17. The van der Waals surface area contributed by atoms with Crippen LogP contribution in [0, 0.1) is 0 Å². The summed E-state index contributed by atoms with van der Waals surface area (Å²) in [6, 6.07) is 27.5. The predicted octanol–water partition coefficient (Wildman–Crippen LogP) is 12.0. The molecule has 0 bridgehead atoms. The Morgan fingerprint density at radius 2 is 1.17 bits per heavy atom. The maximum Gasteiger partial charge on any atom is 0.167 e. The van der Waals surface area contributed by atoms with E-state index in [-0.39, 0.29) is 55.7 Å². The van der Waals surface area contributed by atoms with Gasteiger partial charge in [0.15, 0.2) is 17.5 Å². The largest absolute Gasteiger partial charge is 0.455 e. The van der Waals surface area contributed by atoms with Gasteiger partial charge in [0.05, 0.1) is 17.9 Å². The van der Waals surface area contributed by atoms with Crippen LogP contribution in [-0.4, -0.2) is 15.0 Å². The number of furan rings is 1. The number of nitrogens with zero attached hydrogens (tertiary/aromatic N) is 3. The SMILES string of the molecule is [2H]c1c([2H])c([2H])c2c(oc3c4c([2H])c([2H])c([2H])c([2H])c4c([2H])c([2H])c32)c1-c1nc(-c2ccccc2)nc(-c2ccc3c(c2)sc2ccc(-c4ccccc4)cc23)n1. The van der Waals surface area contributed by atoms with E-state index in [1.165, 1.54) is 0 Å². The molecule has 0 fully saturated rings. The molecule has 0 spiro atoms. The highest BCUT2D eigenvalue weighted by molar-refractivity contribution is 7.25. The Morgan fingerprint density at radius 1 is 0.458 bits per heavy atom. The van der Waals surface area contributed by atoms with E-state index in [0.717, 1.165) is 31.3 Å². The number of benzene rings is 7. The van der Waals surface area contributed by atoms with E-state index in [0.29, 0.717) is 11.1 Å². The number of thiophene rings is 1. The quantitative estimate of drug-likeness (QED) is 0.192. The van der Waals surface area contributed by atoms with Crippen molar-refractivity contribution in [2.45, 2.75) is 0 Å². The van der Waals surface area contributed by atoms with Gasteiger partial charge in [-0.1, -0.05) is 121 Å². The van der Waals surface area contributed by atoms with E-state index in [1.807, 2.05) is 66.7 Å².